The molecule has 0 spiro atoms. The number of fused-ring (bicyclic) bond motifs is 1. The van der Waals surface area contributed by atoms with E-state index in [1.807, 2.05) is 38.1 Å². The number of aromatic nitrogens is 1. The number of carboxylic acids is 1. The van der Waals surface area contributed by atoms with Crippen LogP contribution in [0, 0.1) is 5.92 Å². The van der Waals surface area contributed by atoms with Gasteiger partial charge in [0.1, 0.15) is 18.1 Å². The Balaban J connectivity index is 2.25. The van der Waals surface area contributed by atoms with E-state index in [4.69, 9.17) is 28.7 Å². The van der Waals surface area contributed by atoms with Crippen molar-refractivity contribution in [2.45, 2.75) is 76.5 Å². The van der Waals surface area contributed by atoms with Crippen molar-refractivity contribution in [2.24, 2.45) is 44.6 Å². The SMILES string of the molecule is CC(C)CC(NC(=O)C(N)CCCN=C(N)N)C(=O)NC(Cc1c[nH]c2ccccc12)C(=O)NC(CCCN=C(N)N)C(=O)O. The molecule has 248 valence electrons. The molecule has 0 aliphatic heterocycles. The number of amides is 3. The first kappa shape index (κ1) is 36.3. The Morgan fingerprint density at radius 1 is 0.822 bits per heavy atom. The Morgan fingerprint density at radius 2 is 1.38 bits per heavy atom. The Bertz CT molecular complexity index is 1350. The smallest absolute Gasteiger partial charge is 0.326 e. The van der Waals surface area contributed by atoms with Gasteiger partial charge in [-0.2, -0.15) is 0 Å². The topological polar surface area (TPSA) is 295 Å². The Hall–Kier alpha value is -4.86. The summed E-state index contributed by atoms with van der Waals surface area (Å²) in [6.45, 7) is 4.26. The zero-order valence-electron chi connectivity index (χ0n) is 25.8. The molecular weight excluding hydrogens is 582 g/mol. The standard InChI is InChI=1S/C29H47N11O5/c1-16(2)13-22(39-24(41)19(30)8-5-11-35-28(31)32)25(42)40-23(14-17-15-37-20-9-4-3-7-18(17)20)26(43)38-21(27(44)45)10-6-12-36-29(33)34/h3-4,7,9,15-16,19,21-23,37H,5-6,8,10-14,30H2,1-2H3,(H,38,43)(H,39,41)(H,40,42)(H,44,45)(H4,31,32,35)(H4,33,34,36). The van der Waals surface area contributed by atoms with Gasteiger partial charge in [-0.05, 0) is 49.7 Å². The number of carbonyl (C=O) groups excluding carboxylic acids is 3. The molecule has 0 fully saturated rings. The van der Waals surface area contributed by atoms with Crippen LogP contribution in [-0.4, -0.2) is 83.0 Å². The van der Waals surface area contributed by atoms with Gasteiger partial charge in [-0.25, -0.2) is 4.79 Å². The van der Waals surface area contributed by atoms with Gasteiger partial charge in [-0.1, -0.05) is 32.0 Å². The van der Waals surface area contributed by atoms with E-state index in [1.54, 1.807) is 6.20 Å². The van der Waals surface area contributed by atoms with Gasteiger partial charge in [-0.3, -0.25) is 24.4 Å². The van der Waals surface area contributed by atoms with Gasteiger partial charge in [0.05, 0.1) is 6.04 Å². The zero-order chi connectivity index (χ0) is 33.5. The lowest BCUT2D eigenvalue weighted by Gasteiger charge is -2.26. The van der Waals surface area contributed by atoms with Crippen molar-refractivity contribution >= 4 is 46.5 Å². The van der Waals surface area contributed by atoms with E-state index in [9.17, 15) is 24.3 Å². The fourth-order valence-electron chi connectivity index (χ4n) is 4.67. The summed E-state index contributed by atoms with van der Waals surface area (Å²) >= 11 is 0. The second-order valence-electron chi connectivity index (χ2n) is 11.2. The second-order valence-corrected chi connectivity index (χ2v) is 11.2. The lowest BCUT2D eigenvalue weighted by Crippen LogP contribution is -2.57. The van der Waals surface area contributed by atoms with Crippen molar-refractivity contribution in [1.82, 2.24) is 20.9 Å². The van der Waals surface area contributed by atoms with Crippen LogP contribution in [0.4, 0.5) is 0 Å². The number of carboxylic acid groups (broad SMARTS) is 1. The van der Waals surface area contributed by atoms with Crippen LogP contribution in [0.3, 0.4) is 0 Å². The number of carbonyl (C=O) groups is 4. The molecule has 0 saturated carbocycles. The molecule has 4 unspecified atom stereocenters. The molecule has 2 rings (SSSR count). The van der Waals surface area contributed by atoms with Crippen LogP contribution in [0.25, 0.3) is 10.9 Å². The molecule has 0 radical (unpaired) electrons. The summed E-state index contributed by atoms with van der Waals surface area (Å²) in [6, 6.07) is 3.11. The molecule has 1 aromatic heterocycles. The lowest BCUT2D eigenvalue weighted by atomic mass is 10.00. The second kappa shape index (κ2) is 18.1. The number of guanidine groups is 2. The lowest BCUT2D eigenvalue weighted by molar-refractivity contribution is -0.142. The number of H-pyrrole nitrogens is 1. The van der Waals surface area contributed by atoms with Gasteiger partial charge in [0, 0.05) is 36.6 Å². The molecular formula is C29H47N11O5. The van der Waals surface area contributed by atoms with Crippen LogP contribution < -0.4 is 44.6 Å². The number of para-hydroxylation sites is 1. The van der Waals surface area contributed by atoms with Gasteiger partial charge >= 0.3 is 5.97 Å². The zero-order valence-corrected chi connectivity index (χ0v) is 25.8. The van der Waals surface area contributed by atoms with Crippen LogP contribution in [0.15, 0.2) is 40.4 Å². The number of rotatable bonds is 19. The van der Waals surface area contributed by atoms with Crippen molar-refractivity contribution in [3.63, 3.8) is 0 Å². The largest absolute Gasteiger partial charge is 0.480 e. The number of nitrogens with zero attached hydrogens (tertiary/aromatic N) is 2. The maximum atomic E-state index is 13.6. The third-order valence-electron chi connectivity index (χ3n) is 6.94. The fourth-order valence-corrected chi connectivity index (χ4v) is 4.67. The summed E-state index contributed by atoms with van der Waals surface area (Å²) in [5.41, 5.74) is 28.9. The van der Waals surface area contributed by atoms with E-state index >= 15 is 0 Å². The molecule has 0 aliphatic rings. The minimum atomic E-state index is -1.25. The number of benzene rings is 1. The van der Waals surface area contributed by atoms with E-state index in [-0.39, 0.29) is 50.1 Å². The molecule has 3 amide bonds. The molecule has 0 aliphatic carbocycles. The highest BCUT2D eigenvalue weighted by atomic mass is 16.4. The van der Waals surface area contributed by atoms with E-state index in [1.165, 1.54) is 0 Å². The Labute approximate surface area is 262 Å². The van der Waals surface area contributed by atoms with E-state index in [0.717, 1.165) is 16.5 Å². The maximum absolute atomic E-state index is 13.6. The highest BCUT2D eigenvalue weighted by Gasteiger charge is 2.31. The van der Waals surface area contributed by atoms with Crippen molar-refractivity contribution < 1.29 is 24.3 Å². The van der Waals surface area contributed by atoms with Crippen LogP contribution in [0.5, 0.6) is 0 Å². The van der Waals surface area contributed by atoms with Crippen LogP contribution >= 0.6 is 0 Å². The summed E-state index contributed by atoms with van der Waals surface area (Å²) in [5, 5.41) is 18.6. The van der Waals surface area contributed by atoms with E-state index in [2.05, 4.69) is 30.9 Å². The highest BCUT2D eigenvalue weighted by molar-refractivity contribution is 5.95. The molecule has 1 aromatic carbocycles. The number of nitrogens with one attached hydrogen (secondary N) is 4. The number of aliphatic carboxylic acids is 1. The number of nitrogens with two attached hydrogens (primary N) is 5. The summed E-state index contributed by atoms with van der Waals surface area (Å²) in [6.07, 6.45) is 3.13. The maximum Gasteiger partial charge on any atom is 0.326 e. The van der Waals surface area contributed by atoms with E-state index < -0.39 is 47.9 Å². The molecule has 2 aromatic rings. The first-order chi connectivity index (χ1) is 21.3. The molecule has 1 heterocycles. The van der Waals surface area contributed by atoms with Gasteiger partial charge in [0.25, 0.3) is 0 Å². The third-order valence-corrected chi connectivity index (χ3v) is 6.94. The third kappa shape index (κ3) is 12.7. The van der Waals surface area contributed by atoms with Gasteiger partial charge < -0.3 is 54.7 Å². The first-order valence-corrected chi connectivity index (χ1v) is 14.8. The normalized spacial score (nSPS) is 13.7. The predicted octanol–water partition coefficient (Wildman–Crippen LogP) is -1.27. The van der Waals surface area contributed by atoms with Gasteiger partial charge in [0.2, 0.25) is 17.7 Å². The number of hydrogen-bond donors (Lipinski definition) is 10. The van der Waals surface area contributed by atoms with Crippen molar-refractivity contribution in [1.29, 1.82) is 0 Å². The first-order valence-electron chi connectivity index (χ1n) is 14.8. The molecule has 16 heteroatoms. The summed E-state index contributed by atoms with van der Waals surface area (Å²) < 4.78 is 0. The summed E-state index contributed by atoms with van der Waals surface area (Å²) in [7, 11) is 0. The quantitative estimate of drug-likeness (QED) is 0.0499. The van der Waals surface area contributed by atoms with Crippen molar-refractivity contribution in [2.75, 3.05) is 13.1 Å². The number of hydrogen-bond acceptors (Lipinski definition) is 7. The van der Waals surface area contributed by atoms with Crippen molar-refractivity contribution in [3.05, 3.63) is 36.0 Å². The fraction of sp³-hybridized carbons (Fsp3) is 0.517. The predicted molar refractivity (Wildman–Crippen MR) is 173 cm³/mol. The molecule has 16 nitrogen and oxygen atoms in total. The van der Waals surface area contributed by atoms with Crippen LogP contribution in [0.2, 0.25) is 0 Å². The highest BCUT2D eigenvalue weighted by Crippen LogP contribution is 2.19. The van der Waals surface area contributed by atoms with Crippen LogP contribution in [-0.2, 0) is 25.6 Å². The Kier molecular flexibility index (Phi) is 14.6. The van der Waals surface area contributed by atoms with Crippen molar-refractivity contribution in [3.8, 4) is 0 Å². The summed E-state index contributed by atoms with van der Waals surface area (Å²) in [4.78, 5) is 62.9. The molecule has 15 N–H and O–H groups in total. The Morgan fingerprint density at radius 3 is 1.98 bits per heavy atom. The minimum Gasteiger partial charge on any atom is -0.480 e. The monoisotopic (exact) mass is 629 g/mol. The average Bonchev–Trinajstić information content (AvgIpc) is 3.37. The van der Waals surface area contributed by atoms with Gasteiger partial charge in [0.15, 0.2) is 11.9 Å². The molecule has 0 bridgehead atoms. The minimum absolute atomic E-state index is 0.00152. The summed E-state index contributed by atoms with van der Waals surface area (Å²) in [5.74, 6) is -3.27. The van der Waals surface area contributed by atoms with E-state index in [0.29, 0.717) is 19.4 Å². The van der Waals surface area contributed by atoms with Crippen LogP contribution in [0.1, 0.15) is 51.5 Å². The average molecular weight is 630 g/mol. The number of aliphatic imine (C=N–C) groups is 2. The van der Waals surface area contributed by atoms with Gasteiger partial charge in [-0.15, -0.1) is 0 Å². The molecule has 4 atom stereocenters. The number of aromatic amines is 1. The molecule has 0 saturated heterocycles. The molecule has 45 heavy (non-hydrogen) atoms.